The van der Waals surface area contributed by atoms with Crippen LogP contribution >= 0.6 is 0 Å². The van der Waals surface area contributed by atoms with Crippen LogP contribution in [0.1, 0.15) is 60.9 Å². The van der Waals surface area contributed by atoms with Crippen LogP contribution in [0.3, 0.4) is 0 Å². The van der Waals surface area contributed by atoms with Crippen LogP contribution < -0.4 is 4.74 Å². The van der Waals surface area contributed by atoms with Crippen molar-refractivity contribution in [2.24, 2.45) is 0 Å². The van der Waals surface area contributed by atoms with Crippen molar-refractivity contribution in [2.75, 3.05) is 6.61 Å². The number of benzene rings is 3. The van der Waals surface area contributed by atoms with Crippen LogP contribution in [0.15, 0.2) is 36.4 Å². The molecule has 0 saturated carbocycles. The Hall–Kier alpha value is -2.96. The molecule has 1 nitrogen and oxygen atoms in total. The molecule has 0 N–H and O–H groups in total. The van der Waals surface area contributed by atoms with Crippen molar-refractivity contribution >= 4 is 0 Å². The van der Waals surface area contributed by atoms with Gasteiger partial charge in [0.1, 0.15) is 23.3 Å². The molecule has 0 amide bonds. The number of unbranched alkanes of at least 4 members (excludes halogenated alkanes) is 1. The molecule has 3 rings (SSSR count). The van der Waals surface area contributed by atoms with Crippen LogP contribution in [0.25, 0.3) is 0 Å². The van der Waals surface area contributed by atoms with Crippen molar-refractivity contribution < 1.29 is 31.1 Å². The smallest absolute Gasteiger partial charge is 0.190 e. The molecular weight excluding hydrogens is 478 g/mol. The summed E-state index contributed by atoms with van der Waals surface area (Å²) in [4.78, 5) is 0. The molecule has 0 aliphatic carbocycles. The molecule has 7 heteroatoms. The fraction of sp³-hybridized carbons (Fsp3) is 0.379. The lowest BCUT2D eigenvalue weighted by Gasteiger charge is -2.12. The minimum absolute atomic E-state index is 0.0107. The molecule has 0 aromatic heterocycles. The van der Waals surface area contributed by atoms with Gasteiger partial charge < -0.3 is 4.74 Å². The van der Waals surface area contributed by atoms with Crippen molar-refractivity contribution in [3.63, 3.8) is 0 Å². The molecule has 0 heterocycles. The van der Waals surface area contributed by atoms with Crippen LogP contribution in [0.2, 0.25) is 0 Å². The van der Waals surface area contributed by atoms with E-state index in [2.05, 4.69) is 0 Å². The summed E-state index contributed by atoms with van der Waals surface area (Å²) >= 11 is 0. The standard InChI is InChI=1S/C29H30F6O/c1-3-5-11-36-29-27(34)16-20(17-28(29)35)8-10-22-25(32)14-19(15-26(22)33)7-9-21-23(30)12-18(6-4-2)13-24(21)31/h12-17H,3-11H2,1-2H3. The van der Waals surface area contributed by atoms with Crippen molar-refractivity contribution in [2.45, 2.75) is 65.2 Å². The lowest BCUT2D eigenvalue weighted by atomic mass is 9.97. The normalized spacial score (nSPS) is 11.2. The predicted octanol–water partition coefficient (Wildman–Crippen LogP) is 8.22. The molecule has 0 aliphatic heterocycles. The summed E-state index contributed by atoms with van der Waals surface area (Å²) in [5.74, 6) is -5.15. The third-order valence-electron chi connectivity index (χ3n) is 6.07. The van der Waals surface area contributed by atoms with Gasteiger partial charge >= 0.3 is 0 Å². The maximum absolute atomic E-state index is 14.7. The monoisotopic (exact) mass is 508 g/mol. The zero-order valence-corrected chi connectivity index (χ0v) is 20.5. The second-order valence-corrected chi connectivity index (χ2v) is 8.92. The number of ether oxygens (including phenoxy) is 1. The summed E-state index contributed by atoms with van der Waals surface area (Å²) < 4.78 is 91.7. The second kappa shape index (κ2) is 12.8. The Morgan fingerprint density at radius 3 is 1.28 bits per heavy atom. The van der Waals surface area contributed by atoms with Gasteiger partial charge in [0.25, 0.3) is 0 Å². The van der Waals surface area contributed by atoms with E-state index in [4.69, 9.17) is 4.74 Å². The second-order valence-electron chi connectivity index (χ2n) is 8.92. The fourth-order valence-corrected chi connectivity index (χ4v) is 4.12. The SMILES string of the molecule is CCCCOc1c(F)cc(CCc2c(F)cc(CCc3c(F)cc(CCC)cc3F)cc2F)cc1F. The van der Waals surface area contributed by atoms with Crippen LogP contribution in [-0.4, -0.2) is 6.61 Å². The first-order chi connectivity index (χ1) is 17.2. The Bertz CT molecular complexity index is 1120. The van der Waals surface area contributed by atoms with Crippen molar-refractivity contribution in [3.05, 3.63) is 99.1 Å². The highest BCUT2D eigenvalue weighted by Crippen LogP contribution is 2.26. The quantitative estimate of drug-likeness (QED) is 0.177. The van der Waals surface area contributed by atoms with E-state index in [0.717, 1.165) is 37.1 Å². The number of aryl methyl sites for hydroxylation is 3. The predicted molar refractivity (Wildman–Crippen MR) is 128 cm³/mol. The molecule has 0 fully saturated rings. The van der Waals surface area contributed by atoms with E-state index in [-0.39, 0.29) is 54.5 Å². The van der Waals surface area contributed by atoms with Gasteiger partial charge in [-0.15, -0.1) is 0 Å². The fourth-order valence-electron chi connectivity index (χ4n) is 4.12. The summed E-state index contributed by atoms with van der Waals surface area (Å²) in [6.45, 7) is 4.03. The van der Waals surface area contributed by atoms with Gasteiger partial charge in [0.15, 0.2) is 17.4 Å². The Kier molecular flexibility index (Phi) is 9.85. The van der Waals surface area contributed by atoms with E-state index in [1.807, 2.05) is 13.8 Å². The Morgan fingerprint density at radius 1 is 0.500 bits per heavy atom. The van der Waals surface area contributed by atoms with Gasteiger partial charge in [-0.1, -0.05) is 26.7 Å². The highest BCUT2D eigenvalue weighted by molar-refractivity contribution is 5.34. The lowest BCUT2D eigenvalue weighted by Crippen LogP contribution is -2.05. The van der Waals surface area contributed by atoms with Crippen LogP contribution in [0.5, 0.6) is 5.75 Å². The zero-order chi connectivity index (χ0) is 26.2. The Balaban J connectivity index is 1.67. The molecular formula is C29H30F6O. The first-order valence-electron chi connectivity index (χ1n) is 12.3. The Labute approximate surface area is 208 Å². The minimum Gasteiger partial charge on any atom is -0.488 e. The third kappa shape index (κ3) is 7.05. The molecule has 36 heavy (non-hydrogen) atoms. The van der Waals surface area contributed by atoms with Gasteiger partial charge in [-0.05, 0) is 91.6 Å². The molecule has 194 valence electrons. The van der Waals surface area contributed by atoms with E-state index in [1.54, 1.807) is 0 Å². The minimum atomic E-state index is -0.861. The topological polar surface area (TPSA) is 9.23 Å². The first-order valence-corrected chi connectivity index (χ1v) is 12.3. The third-order valence-corrected chi connectivity index (χ3v) is 6.07. The van der Waals surface area contributed by atoms with Crippen molar-refractivity contribution in [3.8, 4) is 5.75 Å². The van der Waals surface area contributed by atoms with Gasteiger partial charge in [0.2, 0.25) is 0 Å². The molecule has 0 saturated heterocycles. The summed E-state index contributed by atoms with van der Waals surface area (Å²) in [5, 5.41) is 0. The Morgan fingerprint density at radius 2 is 0.889 bits per heavy atom. The lowest BCUT2D eigenvalue weighted by molar-refractivity contribution is 0.278. The number of rotatable bonds is 12. The summed E-state index contributed by atoms with van der Waals surface area (Å²) in [6, 6.07) is 7.05. The first kappa shape index (κ1) is 27.6. The van der Waals surface area contributed by atoms with Gasteiger partial charge in [-0.2, -0.15) is 0 Å². The molecule has 0 bridgehead atoms. The number of hydrogen-bond donors (Lipinski definition) is 0. The molecule has 3 aromatic rings. The number of hydrogen-bond acceptors (Lipinski definition) is 1. The molecule has 0 spiro atoms. The van der Waals surface area contributed by atoms with Gasteiger partial charge in [0.05, 0.1) is 6.61 Å². The molecule has 0 atom stereocenters. The van der Waals surface area contributed by atoms with Crippen molar-refractivity contribution in [1.82, 2.24) is 0 Å². The van der Waals surface area contributed by atoms with E-state index in [1.165, 1.54) is 12.1 Å². The average molecular weight is 509 g/mol. The van der Waals surface area contributed by atoms with E-state index >= 15 is 0 Å². The molecule has 0 aliphatic rings. The number of halogens is 6. The summed E-state index contributed by atoms with van der Waals surface area (Å²) in [5.41, 5.74) is 0.732. The maximum atomic E-state index is 14.7. The summed E-state index contributed by atoms with van der Waals surface area (Å²) in [7, 11) is 0. The summed E-state index contributed by atoms with van der Waals surface area (Å²) in [6.07, 6.45) is 2.68. The largest absolute Gasteiger partial charge is 0.488 e. The average Bonchev–Trinajstić information content (AvgIpc) is 2.80. The highest BCUT2D eigenvalue weighted by atomic mass is 19.2. The molecule has 0 radical (unpaired) electrons. The van der Waals surface area contributed by atoms with E-state index in [9.17, 15) is 26.3 Å². The van der Waals surface area contributed by atoms with Gasteiger partial charge in [-0.25, -0.2) is 26.3 Å². The van der Waals surface area contributed by atoms with Crippen LogP contribution in [0.4, 0.5) is 26.3 Å². The van der Waals surface area contributed by atoms with Crippen LogP contribution in [-0.2, 0) is 32.1 Å². The highest BCUT2D eigenvalue weighted by Gasteiger charge is 2.17. The molecule has 0 unspecified atom stereocenters. The zero-order valence-electron chi connectivity index (χ0n) is 20.5. The van der Waals surface area contributed by atoms with Gasteiger partial charge in [-0.3, -0.25) is 0 Å². The maximum Gasteiger partial charge on any atom is 0.190 e. The van der Waals surface area contributed by atoms with Gasteiger partial charge in [0, 0.05) is 11.1 Å². The van der Waals surface area contributed by atoms with E-state index < -0.39 is 40.7 Å². The van der Waals surface area contributed by atoms with E-state index in [0.29, 0.717) is 18.4 Å². The van der Waals surface area contributed by atoms with Crippen LogP contribution in [0, 0.1) is 34.9 Å². The molecule has 3 aromatic carbocycles. The van der Waals surface area contributed by atoms with Crippen molar-refractivity contribution in [1.29, 1.82) is 0 Å².